The highest BCUT2D eigenvalue weighted by atomic mass is 79.9. The molecule has 1 aromatic carbocycles. The third kappa shape index (κ3) is 1.73. The maximum absolute atomic E-state index is 3.51. The molecule has 0 unspecified atom stereocenters. The van der Waals surface area contributed by atoms with E-state index >= 15 is 0 Å². The van der Waals surface area contributed by atoms with Gasteiger partial charge in [0.25, 0.3) is 0 Å². The van der Waals surface area contributed by atoms with E-state index in [1.165, 1.54) is 41.7 Å². The molecule has 1 aliphatic heterocycles. The van der Waals surface area contributed by atoms with Gasteiger partial charge in [-0.25, -0.2) is 0 Å². The summed E-state index contributed by atoms with van der Waals surface area (Å²) in [4.78, 5) is 2.47. The first kappa shape index (κ1) is 9.07. The van der Waals surface area contributed by atoms with E-state index in [0.717, 1.165) is 0 Å². The number of anilines is 1. The first-order chi connectivity index (χ1) is 6.31. The van der Waals surface area contributed by atoms with Gasteiger partial charge in [-0.3, -0.25) is 0 Å². The van der Waals surface area contributed by atoms with Gasteiger partial charge in [0, 0.05) is 23.2 Å². The maximum atomic E-state index is 3.51. The first-order valence-electron chi connectivity index (χ1n) is 4.84. The van der Waals surface area contributed by atoms with Crippen molar-refractivity contribution >= 4 is 21.6 Å². The van der Waals surface area contributed by atoms with Crippen LogP contribution in [0.1, 0.15) is 18.9 Å². The Kier molecular flexibility index (Phi) is 2.58. The molecule has 2 rings (SSSR count). The Bertz CT molecular complexity index is 309. The Labute approximate surface area is 87.9 Å². The van der Waals surface area contributed by atoms with E-state index in [1.54, 1.807) is 0 Å². The van der Waals surface area contributed by atoms with E-state index in [-0.39, 0.29) is 0 Å². The number of fused-ring (bicyclic) bond motifs is 1. The molecule has 0 aromatic heterocycles. The maximum Gasteiger partial charge on any atom is 0.0400 e. The molecule has 0 bridgehead atoms. The largest absolute Gasteiger partial charge is 0.371 e. The van der Waals surface area contributed by atoms with Gasteiger partial charge >= 0.3 is 0 Å². The summed E-state index contributed by atoms with van der Waals surface area (Å²) in [5.41, 5.74) is 2.92. The predicted octanol–water partition coefficient (Wildman–Crippen LogP) is 3.22. The van der Waals surface area contributed by atoms with Crippen LogP contribution in [0.3, 0.4) is 0 Å². The van der Waals surface area contributed by atoms with Gasteiger partial charge in [0.05, 0.1) is 0 Å². The van der Waals surface area contributed by atoms with Crippen LogP contribution >= 0.6 is 15.9 Å². The SMILES string of the molecule is CCCN1CCc2cc(Br)ccc21. The van der Waals surface area contributed by atoms with Gasteiger partial charge < -0.3 is 4.90 Å². The molecular formula is C11H14BrN. The summed E-state index contributed by atoms with van der Waals surface area (Å²) >= 11 is 3.51. The Hall–Kier alpha value is -0.500. The molecule has 0 radical (unpaired) electrons. The zero-order valence-electron chi connectivity index (χ0n) is 7.89. The van der Waals surface area contributed by atoms with Gasteiger partial charge in [-0.2, -0.15) is 0 Å². The second kappa shape index (κ2) is 3.70. The van der Waals surface area contributed by atoms with Crippen LogP contribution in [0.4, 0.5) is 5.69 Å². The molecule has 0 atom stereocenters. The van der Waals surface area contributed by atoms with Crippen molar-refractivity contribution in [2.24, 2.45) is 0 Å². The van der Waals surface area contributed by atoms with Crippen LogP contribution in [-0.2, 0) is 6.42 Å². The van der Waals surface area contributed by atoms with Crippen LogP contribution in [-0.4, -0.2) is 13.1 Å². The molecule has 1 aromatic rings. The number of rotatable bonds is 2. The van der Waals surface area contributed by atoms with Crippen LogP contribution in [0.5, 0.6) is 0 Å². The molecule has 13 heavy (non-hydrogen) atoms. The van der Waals surface area contributed by atoms with E-state index in [2.05, 4.69) is 46.0 Å². The summed E-state index contributed by atoms with van der Waals surface area (Å²) in [6.07, 6.45) is 2.43. The average Bonchev–Trinajstić information content (AvgIpc) is 2.49. The average molecular weight is 240 g/mol. The Balaban J connectivity index is 2.27. The quantitative estimate of drug-likeness (QED) is 0.767. The molecular weight excluding hydrogens is 226 g/mol. The molecule has 0 aliphatic carbocycles. The van der Waals surface area contributed by atoms with Crippen molar-refractivity contribution in [2.75, 3.05) is 18.0 Å². The smallest absolute Gasteiger partial charge is 0.0400 e. The lowest BCUT2D eigenvalue weighted by molar-refractivity contribution is 0.796. The number of hydrogen-bond acceptors (Lipinski definition) is 1. The van der Waals surface area contributed by atoms with Crippen molar-refractivity contribution < 1.29 is 0 Å². The molecule has 0 saturated carbocycles. The van der Waals surface area contributed by atoms with E-state index < -0.39 is 0 Å². The molecule has 0 N–H and O–H groups in total. The monoisotopic (exact) mass is 239 g/mol. The van der Waals surface area contributed by atoms with E-state index in [0.29, 0.717) is 0 Å². The molecule has 1 nitrogen and oxygen atoms in total. The summed E-state index contributed by atoms with van der Waals surface area (Å²) in [6, 6.07) is 6.60. The molecule has 1 aliphatic rings. The van der Waals surface area contributed by atoms with Gasteiger partial charge in [0.15, 0.2) is 0 Å². The summed E-state index contributed by atoms with van der Waals surface area (Å²) in [7, 11) is 0. The lowest BCUT2D eigenvalue weighted by atomic mass is 10.2. The van der Waals surface area contributed by atoms with Crippen molar-refractivity contribution in [2.45, 2.75) is 19.8 Å². The fourth-order valence-corrected chi connectivity index (χ4v) is 2.35. The van der Waals surface area contributed by atoms with Crippen molar-refractivity contribution in [3.05, 3.63) is 28.2 Å². The van der Waals surface area contributed by atoms with Gasteiger partial charge in [0.2, 0.25) is 0 Å². The fraction of sp³-hybridized carbons (Fsp3) is 0.455. The van der Waals surface area contributed by atoms with Gasteiger partial charge in [-0.1, -0.05) is 22.9 Å². The molecule has 70 valence electrons. The van der Waals surface area contributed by atoms with Crippen molar-refractivity contribution in [1.29, 1.82) is 0 Å². The highest BCUT2D eigenvalue weighted by molar-refractivity contribution is 9.10. The number of benzene rings is 1. The van der Waals surface area contributed by atoms with Crippen LogP contribution in [0, 0.1) is 0 Å². The summed E-state index contributed by atoms with van der Waals surface area (Å²) in [5.74, 6) is 0. The highest BCUT2D eigenvalue weighted by Gasteiger charge is 2.17. The van der Waals surface area contributed by atoms with Crippen LogP contribution in [0.15, 0.2) is 22.7 Å². The first-order valence-corrected chi connectivity index (χ1v) is 5.64. The summed E-state index contributed by atoms with van der Waals surface area (Å²) in [5, 5.41) is 0. The zero-order chi connectivity index (χ0) is 9.26. The molecule has 0 amide bonds. The van der Waals surface area contributed by atoms with E-state index in [1.807, 2.05) is 0 Å². The molecule has 0 spiro atoms. The third-order valence-electron chi connectivity index (χ3n) is 2.53. The minimum absolute atomic E-state index is 1.19. The van der Waals surface area contributed by atoms with E-state index in [4.69, 9.17) is 0 Å². The Morgan fingerprint density at radius 1 is 1.46 bits per heavy atom. The number of halogens is 1. The summed E-state index contributed by atoms with van der Waals surface area (Å²) in [6.45, 7) is 4.62. The normalized spacial score (nSPS) is 14.8. The van der Waals surface area contributed by atoms with Crippen LogP contribution < -0.4 is 4.90 Å². The van der Waals surface area contributed by atoms with E-state index in [9.17, 15) is 0 Å². The van der Waals surface area contributed by atoms with Gasteiger partial charge in [0.1, 0.15) is 0 Å². The predicted molar refractivity (Wildman–Crippen MR) is 60.4 cm³/mol. The standard InChI is InChI=1S/C11H14BrN/c1-2-6-13-7-5-9-8-10(12)3-4-11(9)13/h3-4,8H,2,5-7H2,1H3. The lowest BCUT2D eigenvalue weighted by Crippen LogP contribution is -2.20. The second-order valence-electron chi connectivity index (χ2n) is 3.51. The van der Waals surface area contributed by atoms with Crippen molar-refractivity contribution in [3.63, 3.8) is 0 Å². The number of nitrogens with zero attached hydrogens (tertiary/aromatic N) is 1. The van der Waals surface area contributed by atoms with Crippen molar-refractivity contribution in [1.82, 2.24) is 0 Å². The summed E-state index contributed by atoms with van der Waals surface area (Å²) < 4.78 is 1.20. The molecule has 0 saturated heterocycles. The fourth-order valence-electron chi connectivity index (χ4n) is 1.94. The van der Waals surface area contributed by atoms with Crippen LogP contribution in [0.25, 0.3) is 0 Å². The molecule has 0 fully saturated rings. The van der Waals surface area contributed by atoms with Crippen molar-refractivity contribution in [3.8, 4) is 0 Å². The second-order valence-corrected chi connectivity index (χ2v) is 4.43. The minimum atomic E-state index is 1.19. The topological polar surface area (TPSA) is 3.24 Å². The Morgan fingerprint density at radius 3 is 3.08 bits per heavy atom. The van der Waals surface area contributed by atoms with Crippen LogP contribution in [0.2, 0.25) is 0 Å². The number of hydrogen-bond donors (Lipinski definition) is 0. The third-order valence-corrected chi connectivity index (χ3v) is 3.02. The van der Waals surface area contributed by atoms with Gasteiger partial charge in [-0.15, -0.1) is 0 Å². The molecule has 2 heteroatoms. The molecule has 1 heterocycles. The highest BCUT2D eigenvalue weighted by Crippen LogP contribution is 2.30. The zero-order valence-corrected chi connectivity index (χ0v) is 9.47. The lowest BCUT2D eigenvalue weighted by Gasteiger charge is -2.17. The Morgan fingerprint density at radius 2 is 2.31 bits per heavy atom. The minimum Gasteiger partial charge on any atom is -0.371 e. The van der Waals surface area contributed by atoms with Gasteiger partial charge in [-0.05, 0) is 36.6 Å².